The molecule has 0 bridgehead atoms. The molecule has 6 nitrogen and oxygen atoms in total. The topological polar surface area (TPSA) is 80.7 Å². The number of carbonyl (C=O) groups excluding carboxylic acids is 1. The van der Waals surface area contributed by atoms with Crippen molar-refractivity contribution < 1.29 is 10.0 Å². The number of H-pyrrole nitrogens is 1. The molecule has 0 saturated heterocycles. The number of aromatic nitrogens is 1. The summed E-state index contributed by atoms with van der Waals surface area (Å²) in [6.07, 6.45) is 1.40. The van der Waals surface area contributed by atoms with E-state index in [4.69, 9.17) is 0 Å². The number of hydroxylamine groups is 2. The molecule has 1 aromatic heterocycles. The molecule has 6 heteroatoms. The summed E-state index contributed by atoms with van der Waals surface area (Å²) >= 11 is 0. The summed E-state index contributed by atoms with van der Waals surface area (Å²) in [5, 5.41) is 15.1. The predicted octanol–water partition coefficient (Wildman–Crippen LogP) is 3.13. The van der Waals surface area contributed by atoms with Crippen molar-refractivity contribution in [3.63, 3.8) is 0 Å². The Morgan fingerprint density at radius 3 is 2.76 bits per heavy atom. The molecule has 0 atom stereocenters. The van der Waals surface area contributed by atoms with Crippen LogP contribution in [0, 0.1) is 0 Å². The summed E-state index contributed by atoms with van der Waals surface area (Å²) in [6.45, 7) is 6.75. The maximum atomic E-state index is 12.1. The molecule has 1 aliphatic rings. The van der Waals surface area contributed by atoms with Crippen LogP contribution in [-0.4, -0.2) is 33.5 Å². The van der Waals surface area contributed by atoms with Crippen molar-refractivity contribution in [3.8, 4) is 0 Å². The van der Waals surface area contributed by atoms with E-state index in [-0.39, 0.29) is 5.84 Å². The van der Waals surface area contributed by atoms with Crippen LogP contribution < -0.4 is 5.32 Å². The summed E-state index contributed by atoms with van der Waals surface area (Å²) < 4.78 is 0. The Morgan fingerprint density at radius 1 is 1.32 bits per heavy atom. The minimum Gasteiger partial charge on any atom is -0.379 e. The molecule has 130 valence electrons. The van der Waals surface area contributed by atoms with Gasteiger partial charge in [-0.25, -0.2) is 0 Å². The van der Waals surface area contributed by atoms with Gasteiger partial charge in [-0.2, -0.15) is 5.06 Å². The molecule has 1 amide bonds. The SMILES string of the molecule is CCN=C1C(=C(C)C)C(NCc2cc3ccccc3[nH]2)=CC(=O)N1O. The molecule has 0 saturated carbocycles. The fraction of sp³-hybridized carbons (Fsp3) is 0.263. The summed E-state index contributed by atoms with van der Waals surface area (Å²) in [7, 11) is 0. The van der Waals surface area contributed by atoms with Gasteiger partial charge < -0.3 is 10.3 Å². The number of hydrogen-bond donors (Lipinski definition) is 3. The lowest BCUT2D eigenvalue weighted by Gasteiger charge is -2.27. The van der Waals surface area contributed by atoms with E-state index in [1.165, 1.54) is 6.08 Å². The number of hydrogen-bond acceptors (Lipinski definition) is 4. The molecule has 0 fully saturated rings. The van der Waals surface area contributed by atoms with Crippen molar-refractivity contribution in [3.05, 3.63) is 58.9 Å². The summed E-state index contributed by atoms with van der Waals surface area (Å²) in [5.74, 6) is -0.217. The largest absolute Gasteiger partial charge is 0.379 e. The summed E-state index contributed by atoms with van der Waals surface area (Å²) in [5.41, 5.74) is 4.48. The number of aliphatic imine (C=N–C) groups is 1. The lowest BCUT2D eigenvalue weighted by Crippen LogP contribution is -2.41. The van der Waals surface area contributed by atoms with Gasteiger partial charge >= 0.3 is 0 Å². The van der Waals surface area contributed by atoms with Gasteiger partial charge in [0.05, 0.1) is 12.2 Å². The molecule has 1 aliphatic heterocycles. The molecule has 0 spiro atoms. The van der Waals surface area contributed by atoms with E-state index < -0.39 is 5.91 Å². The monoisotopic (exact) mass is 338 g/mol. The number of carbonyl (C=O) groups is 1. The number of benzene rings is 1. The molecule has 25 heavy (non-hydrogen) atoms. The van der Waals surface area contributed by atoms with Crippen LogP contribution in [0.25, 0.3) is 10.9 Å². The van der Waals surface area contributed by atoms with Crippen LogP contribution in [0.2, 0.25) is 0 Å². The molecule has 0 radical (unpaired) electrons. The first kappa shape index (κ1) is 17.0. The van der Waals surface area contributed by atoms with Gasteiger partial charge in [0.2, 0.25) is 0 Å². The van der Waals surface area contributed by atoms with Crippen LogP contribution in [0.3, 0.4) is 0 Å². The quantitative estimate of drug-likeness (QED) is 0.749. The fourth-order valence-electron chi connectivity index (χ4n) is 2.93. The Hall–Kier alpha value is -2.86. The minimum absolute atomic E-state index is 0.286. The lowest BCUT2D eigenvalue weighted by atomic mass is 10.0. The van der Waals surface area contributed by atoms with Gasteiger partial charge in [0.1, 0.15) is 0 Å². The summed E-state index contributed by atoms with van der Waals surface area (Å²) in [4.78, 5) is 19.7. The highest BCUT2D eigenvalue weighted by atomic mass is 16.5. The van der Waals surface area contributed by atoms with E-state index in [2.05, 4.69) is 27.4 Å². The van der Waals surface area contributed by atoms with Crippen molar-refractivity contribution in [1.29, 1.82) is 0 Å². The average molecular weight is 338 g/mol. The number of amides is 1. The van der Waals surface area contributed by atoms with Crippen LogP contribution >= 0.6 is 0 Å². The molecule has 0 unspecified atom stereocenters. The van der Waals surface area contributed by atoms with E-state index in [1.807, 2.05) is 39.0 Å². The predicted molar refractivity (Wildman–Crippen MR) is 98.2 cm³/mol. The van der Waals surface area contributed by atoms with Gasteiger partial charge in [-0.15, -0.1) is 0 Å². The summed E-state index contributed by atoms with van der Waals surface area (Å²) in [6, 6.07) is 10.1. The van der Waals surface area contributed by atoms with Crippen molar-refractivity contribution >= 4 is 22.6 Å². The zero-order chi connectivity index (χ0) is 18.0. The highest BCUT2D eigenvalue weighted by molar-refractivity contribution is 6.15. The van der Waals surface area contributed by atoms with Gasteiger partial charge in [-0.3, -0.25) is 15.0 Å². The minimum atomic E-state index is -0.503. The number of allylic oxidation sites excluding steroid dienone is 1. The Labute approximate surface area is 146 Å². The standard InChI is InChI=1S/C19H22N4O2/c1-4-20-19-18(12(2)3)16(10-17(24)23(19)25)21-11-14-9-13-7-5-6-8-15(13)22-14/h5-10,21-22,25H,4,11H2,1-3H3. The highest BCUT2D eigenvalue weighted by Gasteiger charge is 2.29. The molecular formula is C19H22N4O2. The van der Waals surface area contributed by atoms with Gasteiger partial charge in [-0.05, 0) is 38.3 Å². The molecule has 1 aromatic carbocycles. The second-order valence-corrected chi connectivity index (χ2v) is 6.12. The van der Waals surface area contributed by atoms with Gasteiger partial charge in [0.15, 0.2) is 5.84 Å². The van der Waals surface area contributed by atoms with Crippen LogP contribution in [0.5, 0.6) is 0 Å². The molecule has 3 rings (SSSR count). The maximum absolute atomic E-state index is 12.1. The number of para-hydroxylation sites is 1. The first-order valence-corrected chi connectivity index (χ1v) is 8.29. The third-order valence-corrected chi connectivity index (χ3v) is 4.03. The van der Waals surface area contributed by atoms with Gasteiger partial charge in [-0.1, -0.05) is 23.8 Å². The smallest absolute Gasteiger partial charge is 0.278 e. The average Bonchev–Trinajstić information content (AvgIpc) is 3.00. The van der Waals surface area contributed by atoms with Gasteiger partial charge in [0.25, 0.3) is 5.91 Å². The number of nitrogens with one attached hydrogen (secondary N) is 2. The zero-order valence-corrected chi connectivity index (χ0v) is 14.6. The van der Waals surface area contributed by atoms with Gasteiger partial charge in [0, 0.05) is 29.4 Å². The lowest BCUT2D eigenvalue weighted by molar-refractivity contribution is -0.143. The Balaban J connectivity index is 1.89. The molecule has 2 aromatic rings. The fourth-order valence-corrected chi connectivity index (χ4v) is 2.93. The first-order valence-electron chi connectivity index (χ1n) is 8.29. The van der Waals surface area contributed by atoms with Crippen LogP contribution in [0.1, 0.15) is 26.5 Å². The van der Waals surface area contributed by atoms with Crippen LogP contribution in [-0.2, 0) is 11.3 Å². The highest BCUT2D eigenvalue weighted by Crippen LogP contribution is 2.22. The third kappa shape index (κ3) is 3.34. The number of fused-ring (bicyclic) bond motifs is 1. The third-order valence-electron chi connectivity index (χ3n) is 4.03. The molecular weight excluding hydrogens is 316 g/mol. The van der Waals surface area contributed by atoms with E-state index in [1.54, 1.807) is 0 Å². The Morgan fingerprint density at radius 2 is 2.08 bits per heavy atom. The second-order valence-electron chi connectivity index (χ2n) is 6.12. The molecule has 0 aliphatic carbocycles. The van der Waals surface area contributed by atoms with Crippen LogP contribution in [0.4, 0.5) is 0 Å². The van der Waals surface area contributed by atoms with E-state index in [9.17, 15) is 10.0 Å². The van der Waals surface area contributed by atoms with E-state index in [0.717, 1.165) is 27.7 Å². The van der Waals surface area contributed by atoms with Crippen LogP contribution in [0.15, 0.2) is 58.2 Å². The first-order chi connectivity index (χ1) is 12.0. The number of rotatable bonds is 4. The molecule has 3 N–H and O–H groups in total. The normalized spacial score (nSPS) is 16.6. The Bertz CT molecular complexity index is 868. The van der Waals surface area contributed by atoms with Crippen molar-refractivity contribution in [2.75, 3.05) is 6.54 Å². The van der Waals surface area contributed by atoms with E-state index in [0.29, 0.717) is 23.8 Å². The number of amidine groups is 1. The van der Waals surface area contributed by atoms with Crippen molar-refractivity contribution in [2.45, 2.75) is 27.3 Å². The molecule has 2 heterocycles. The van der Waals surface area contributed by atoms with Crippen molar-refractivity contribution in [1.82, 2.24) is 15.4 Å². The van der Waals surface area contributed by atoms with E-state index >= 15 is 0 Å². The van der Waals surface area contributed by atoms with Crippen molar-refractivity contribution in [2.24, 2.45) is 4.99 Å². The number of aromatic amines is 1. The second kappa shape index (κ2) is 6.94. The Kier molecular flexibility index (Phi) is 4.72. The number of nitrogens with zero attached hydrogens (tertiary/aromatic N) is 2. The zero-order valence-electron chi connectivity index (χ0n) is 14.6. The maximum Gasteiger partial charge on any atom is 0.278 e.